The summed E-state index contributed by atoms with van der Waals surface area (Å²) in [4.78, 5) is 61.4. The minimum atomic E-state index is -1.45. The third kappa shape index (κ3) is 21.0. The zero-order chi connectivity index (χ0) is 48.3. The van der Waals surface area contributed by atoms with Gasteiger partial charge in [-0.3, -0.25) is 9.59 Å². The predicted octanol–water partition coefficient (Wildman–Crippen LogP) is 4.72. The predicted molar refractivity (Wildman–Crippen MR) is 241 cm³/mol. The Morgan fingerprint density at radius 2 is 1.06 bits per heavy atom. The number of hydrogen-bond donors (Lipinski definition) is 1. The van der Waals surface area contributed by atoms with Gasteiger partial charge in [-0.1, -0.05) is 31.9 Å². The van der Waals surface area contributed by atoms with Gasteiger partial charge in [-0.25, -0.2) is 14.4 Å². The van der Waals surface area contributed by atoms with Crippen molar-refractivity contribution in [2.45, 2.75) is 71.6 Å². The van der Waals surface area contributed by atoms with Gasteiger partial charge in [-0.05, 0) is 65.0 Å². The number of fused-ring (bicyclic) bond motifs is 2. The Bertz CT molecular complexity index is 2030. The Hall–Kier alpha value is -5.13. The number of amides is 1. The van der Waals surface area contributed by atoms with E-state index in [2.05, 4.69) is 25.1 Å². The topological polar surface area (TPSA) is 217 Å². The van der Waals surface area contributed by atoms with Crippen molar-refractivity contribution in [2.24, 2.45) is 0 Å². The first-order valence-corrected chi connectivity index (χ1v) is 21.8. The first-order chi connectivity index (χ1) is 31.7. The van der Waals surface area contributed by atoms with Crippen LogP contribution < -0.4 is 15.5 Å². The molecule has 0 fully saturated rings. The number of carbonyl (C=O) groups excluding carboxylic acids is 4. The van der Waals surface area contributed by atoms with E-state index in [1.807, 2.05) is 12.1 Å². The Labute approximate surface area is 387 Å². The van der Waals surface area contributed by atoms with Gasteiger partial charge in [0, 0.05) is 38.4 Å². The van der Waals surface area contributed by atoms with E-state index in [9.17, 15) is 24.0 Å². The molecule has 1 amide bonds. The summed E-state index contributed by atoms with van der Waals surface area (Å²) in [7, 11) is 0. The van der Waals surface area contributed by atoms with Gasteiger partial charge in [0.2, 0.25) is 12.6 Å². The van der Waals surface area contributed by atoms with Crippen molar-refractivity contribution < 1.29 is 80.8 Å². The molecule has 0 radical (unpaired) electrons. The highest BCUT2D eigenvalue weighted by atomic mass is 32.1. The second kappa shape index (κ2) is 30.2. The summed E-state index contributed by atoms with van der Waals surface area (Å²) in [6.07, 6.45) is -1.14. The van der Waals surface area contributed by atoms with Crippen LogP contribution in [-0.4, -0.2) is 140 Å². The highest BCUT2D eigenvalue weighted by molar-refractivity contribution is 7.24. The molecule has 0 bridgehead atoms. The summed E-state index contributed by atoms with van der Waals surface area (Å²) in [5, 5.41) is 3.99. The van der Waals surface area contributed by atoms with Crippen molar-refractivity contribution >= 4 is 55.3 Å². The van der Waals surface area contributed by atoms with E-state index >= 15 is 0 Å². The number of nitrogens with one attached hydrogen (secondary N) is 1. The van der Waals surface area contributed by atoms with Crippen LogP contribution in [0.4, 0.5) is 0 Å². The van der Waals surface area contributed by atoms with Crippen molar-refractivity contribution in [1.29, 1.82) is 0 Å². The minimum Gasteiger partial charge on any atom is -0.484 e. The maximum atomic E-state index is 13.8. The lowest BCUT2D eigenvalue weighted by Gasteiger charge is -2.36. The number of benzene rings is 2. The largest absolute Gasteiger partial charge is 0.484 e. The van der Waals surface area contributed by atoms with Gasteiger partial charge in [0.1, 0.15) is 17.9 Å². The monoisotopic (exact) mass is 947 g/mol. The van der Waals surface area contributed by atoms with Crippen LogP contribution in [0, 0.1) is 0 Å². The summed E-state index contributed by atoms with van der Waals surface area (Å²) in [5.41, 5.74) is -1.60. The molecule has 3 rings (SSSR count). The van der Waals surface area contributed by atoms with Gasteiger partial charge in [0.25, 0.3) is 5.91 Å². The lowest BCUT2D eigenvalue weighted by Crippen LogP contribution is -2.60. The Balaban J connectivity index is 1.76. The van der Waals surface area contributed by atoms with Gasteiger partial charge in [0.05, 0.1) is 66.1 Å². The van der Waals surface area contributed by atoms with E-state index in [1.165, 1.54) is 11.3 Å². The van der Waals surface area contributed by atoms with Gasteiger partial charge in [0.15, 0.2) is 30.9 Å². The molecule has 1 aromatic heterocycles. The maximum absolute atomic E-state index is 13.8. The van der Waals surface area contributed by atoms with Gasteiger partial charge >= 0.3 is 17.9 Å². The number of ether oxygens (including phenoxy) is 13. The Morgan fingerprint density at radius 1 is 0.591 bits per heavy atom. The minimum absolute atomic E-state index is 0.0416. The van der Waals surface area contributed by atoms with E-state index in [1.54, 1.807) is 65.0 Å². The molecule has 1 heterocycles. The molecule has 0 saturated carbocycles. The zero-order valence-corrected chi connectivity index (χ0v) is 38.8. The third-order valence-electron chi connectivity index (χ3n) is 8.80. The van der Waals surface area contributed by atoms with Crippen LogP contribution in [0.2, 0.25) is 0 Å². The Kier molecular flexibility index (Phi) is 25.3. The molecule has 19 nitrogen and oxygen atoms in total. The molecule has 0 aliphatic rings. The summed E-state index contributed by atoms with van der Waals surface area (Å²) in [6, 6.07) is 12.4. The van der Waals surface area contributed by atoms with Crippen molar-refractivity contribution in [2.75, 3.05) is 79.3 Å². The summed E-state index contributed by atoms with van der Waals surface area (Å²) in [5.74, 6) is -2.13. The Morgan fingerprint density at radius 3 is 1.59 bits per heavy atom. The van der Waals surface area contributed by atoms with Crippen LogP contribution in [-0.2, 0) is 76.0 Å². The molecule has 0 aliphatic heterocycles. The van der Waals surface area contributed by atoms with Crippen molar-refractivity contribution in [3.63, 3.8) is 0 Å². The van der Waals surface area contributed by atoms with Crippen LogP contribution in [0.15, 0.2) is 85.2 Å². The molecule has 66 heavy (non-hydrogen) atoms. The quantitative estimate of drug-likeness (QED) is 0.0211. The van der Waals surface area contributed by atoms with Crippen LogP contribution in [0.3, 0.4) is 0 Å². The van der Waals surface area contributed by atoms with Gasteiger partial charge in [-0.2, -0.15) is 0 Å². The first-order valence-electron chi connectivity index (χ1n) is 21.0. The molecule has 364 valence electrons. The average Bonchev–Trinajstić information content (AvgIpc) is 3.31. The smallest absolute Gasteiger partial charge is 0.332 e. The standard InChI is InChI=1S/C46H61NO18S/c1-9-42(49)59-21-19-53-18-20-54-31(4)61-28-46(29-62-32(5)55-22-24-57-34(7)64-43(50)10-2,30-63-33(6)56-23-25-58-35(8)65-44(51)11-3)47-41(48)27-60-36-16-17-40-38(26-36)45(52)37-14-12-13-15-39(37)66-40/h9-17,26,31-35H,1-3,18-25,27-30H2,4-8H3,(H,47,48). The third-order valence-corrected chi connectivity index (χ3v) is 9.95. The molecule has 5 atom stereocenters. The second-order valence-corrected chi connectivity index (χ2v) is 15.2. The van der Waals surface area contributed by atoms with E-state index in [0.717, 1.165) is 27.6 Å². The lowest BCUT2D eigenvalue weighted by molar-refractivity contribution is -0.208. The molecule has 0 aliphatic carbocycles. The van der Waals surface area contributed by atoms with Gasteiger partial charge in [-0.15, -0.1) is 11.3 Å². The molecule has 2 aromatic carbocycles. The molecule has 0 saturated heterocycles. The SMILES string of the molecule is C=CC(=O)OCCOCCOC(C)OCC(COC(C)OCCOC(C)OC(=O)C=C)(COC(C)OCCOC(C)OC(=O)C=C)NC(=O)COc1ccc2sc3ccccc3c(=O)c2c1. The normalized spacial score (nSPS) is 14.5. The average molecular weight is 948 g/mol. The number of carbonyl (C=O) groups is 4. The van der Waals surface area contributed by atoms with Crippen molar-refractivity contribution in [1.82, 2.24) is 5.32 Å². The van der Waals surface area contributed by atoms with E-state index in [0.29, 0.717) is 16.5 Å². The molecule has 20 heteroatoms. The highest BCUT2D eigenvalue weighted by Crippen LogP contribution is 2.27. The maximum Gasteiger partial charge on any atom is 0.332 e. The fourth-order valence-corrected chi connectivity index (χ4v) is 6.60. The summed E-state index contributed by atoms with van der Waals surface area (Å²) < 4.78 is 74.5. The second-order valence-electron chi connectivity index (χ2n) is 14.1. The molecule has 5 unspecified atom stereocenters. The molecular formula is C46H61NO18S. The summed E-state index contributed by atoms with van der Waals surface area (Å²) >= 11 is 1.47. The lowest BCUT2D eigenvalue weighted by atomic mass is 10.0. The molecule has 1 N–H and O–H groups in total. The highest BCUT2D eigenvalue weighted by Gasteiger charge is 2.36. The molecular weight excluding hydrogens is 887 g/mol. The first kappa shape index (κ1) is 55.2. The fraction of sp³-hybridized carbons (Fsp3) is 0.500. The van der Waals surface area contributed by atoms with E-state index in [-0.39, 0.29) is 78.1 Å². The number of esters is 3. The van der Waals surface area contributed by atoms with E-state index < -0.39 is 67.4 Å². The van der Waals surface area contributed by atoms with Crippen molar-refractivity contribution in [3.8, 4) is 5.75 Å². The van der Waals surface area contributed by atoms with Crippen molar-refractivity contribution in [3.05, 3.63) is 90.7 Å². The van der Waals surface area contributed by atoms with Crippen LogP contribution in [0.1, 0.15) is 34.6 Å². The van der Waals surface area contributed by atoms with Crippen LogP contribution in [0.25, 0.3) is 20.2 Å². The van der Waals surface area contributed by atoms with Crippen LogP contribution in [0.5, 0.6) is 5.75 Å². The van der Waals surface area contributed by atoms with E-state index in [4.69, 9.17) is 61.6 Å². The molecule has 0 spiro atoms. The number of rotatable bonds is 35. The van der Waals surface area contributed by atoms with Gasteiger partial charge < -0.3 is 66.9 Å². The summed E-state index contributed by atoms with van der Waals surface area (Å²) in [6.45, 7) is 17.6. The number of hydrogen-bond acceptors (Lipinski definition) is 19. The fourth-order valence-electron chi connectivity index (χ4n) is 5.54. The van der Waals surface area contributed by atoms with Crippen LogP contribution >= 0.6 is 11.3 Å². The zero-order valence-electron chi connectivity index (χ0n) is 38.0. The molecule has 3 aromatic rings.